The summed E-state index contributed by atoms with van der Waals surface area (Å²) < 4.78 is 44.2. The van der Waals surface area contributed by atoms with Gasteiger partial charge in [0.25, 0.3) is 0 Å². The highest BCUT2D eigenvalue weighted by Crippen LogP contribution is 2.59. The Morgan fingerprint density at radius 2 is 2.15 bits per heavy atom. The summed E-state index contributed by atoms with van der Waals surface area (Å²) >= 11 is 0. The average Bonchev–Trinajstić information content (AvgIpc) is 3.02. The molecule has 3 heterocycles. The maximum Gasteiger partial charge on any atom is 0.341 e. The fraction of sp³-hybridized carbons (Fsp3) is 0.611. The molecule has 0 N–H and O–H groups in total. The van der Waals surface area contributed by atoms with Gasteiger partial charge in [-0.2, -0.15) is 0 Å². The van der Waals surface area contributed by atoms with Gasteiger partial charge in [-0.05, 0) is 44.9 Å². The summed E-state index contributed by atoms with van der Waals surface area (Å²) in [6.45, 7) is 5.25. The molecule has 3 aliphatic heterocycles. The van der Waals surface area contributed by atoms with Crippen LogP contribution in [0.25, 0.3) is 0 Å². The molecule has 0 amide bonds. The SMILES string of the molecule is CCOP(=O)(OCC)C1CCCN2C1=NOC21CCOc2ccc(F)cc21. The summed E-state index contributed by atoms with van der Waals surface area (Å²) in [6.07, 6.45) is 1.92. The number of nitrogens with zero attached hydrogens (tertiary/aromatic N) is 2. The van der Waals surface area contributed by atoms with Gasteiger partial charge in [-0.25, -0.2) is 4.39 Å². The molecule has 7 nitrogen and oxygen atoms in total. The molecule has 27 heavy (non-hydrogen) atoms. The van der Waals surface area contributed by atoms with E-state index in [9.17, 15) is 8.96 Å². The van der Waals surface area contributed by atoms with Crippen LogP contribution in [0.15, 0.2) is 23.4 Å². The molecule has 0 aliphatic carbocycles. The predicted octanol–water partition coefficient (Wildman–Crippen LogP) is 3.84. The Labute approximate surface area is 157 Å². The largest absolute Gasteiger partial charge is 0.493 e. The van der Waals surface area contributed by atoms with E-state index in [1.807, 2.05) is 4.90 Å². The Kier molecular flexibility index (Phi) is 4.91. The van der Waals surface area contributed by atoms with Crippen molar-refractivity contribution in [2.75, 3.05) is 26.4 Å². The maximum atomic E-state index is 14.0. The molecule has 1 spiro atoms. The van der Waals surface area contributed by atoms with Gasteiger partial charge >= 0.3 is 7.60 Å². The van der Waals surface area contributed by atoms with Gasteiger partial charge in [-0.1, -0.05) is 5.16 Å². The summed E-state index contributed by atoms with van der Waals surface area (Å²) in [5.74, 6) is 0.779. The lowest BCUT2D eigenvalue weighted by Crippen LogP contribution is -2.54. The molecule has 2 atom stereocenters. The van der Waals surface area contributed by atoms with Crippen LogP contribution < -0.4 is 4.74 Å². The number of fused-ring (bicyclic) bond motifs is 4. The first-order valence-electron chi connectivity index (χ1n) is 9.39. The first kappa shape index (κ1) is 18.7. The van der Waals surface area contributed by atoms with Crippen molar-refractivity contribution in [2.45, 2.75) is 44.5 Å². The van der Waals surface area contributed by atoms with E-state index in [1.54, 1.807) is 19.9 Å². The van der Waals surface area contributed by atoms with Gasteiger partial charge < -0.3 is 23.5 Å². The molecular formula is C18H24FN2O5P. The normalized spacial score (nSPS) is 26.9. The van der Waals surface area contributed by atoms with Crippen molar-refractivity contribution in [1.29, 1.82) is 0 Å². The molecule has 0 aromatic heterocycles. The zero-order chi connectivity index (χ0) is 19.1. The molecule has 0 bridgehead atoms. The number of amidine groups is 1. The zero-order valence-electron chi connectivity index (χ0n) is 15.5. The van der Waals surface area contributed by atoms with Gasteiger partial charge in [0.2, 0.25) is 5.72 Å². The van der Waals surface area contributed by atoms with Crippen molar-refractivity contribution < 1.29 is 27.6 Å². The Morgan fingerprint density at radius 3 is 2.89 bits per heavy atom. The van der Waals surface area contributed by atoms with E-state index in [1.165, 1.54) is 12.1 Å². The summed E-state index contributed by atoms with van der Waals surface area (Å²) in [7, 11) is -3.38. The molecule has 1 aromatic rings. The number of halogens is 1. The highest BCUT2D eigenvalue weighted by Gasteiger charge is 2.57. The van der Waals surface area contributed by atoms with E-state index >= 15 is 0 Å². The second kappa shape index (κ2) is 7.08. The number of piperidine rings is 1. The van der Waals surface area contributed by atoms with Gasteiger partial charge in [-0.3, -0.25) is 4.57 Å². The van der Waals surface area contributed by atoms with Gasteiger partial charge in [0.05, 0.1) is 25.4 Å². The minimum absolute atomic E-state index is 0.287. The number of rotatable bonds is 5. The van der Waals surface area contributed by atoms with Crippen LogP contribution in [0.2, 0.25) is 0 Å². The Bertz CT molecular complexity index is 794. The third-order valence-electron chi connectivity index (χ3n) is 5.22. The van der Waals surface area contributed by atoms with Gasteiger partial charge in [0, 0.05) is 13.0 Å². The van der Waals surface area contributed by atoms with Crippen LogP contribution in [0, 0.1) is 5.82 Å². The predicted molar refractivity (Wildman–Crippen MR) is 97.3 cm³/mol. The van der Waals surface area contributed by atoms with E-state index in [0.717, 1.165) is 6.42 Å². The molecule has 9 heteroatoms. The number of hydrogen-bond acceptors (Lipinski definition) is 7. The summed E-state index contributed by atoms with van der Waals surface area (Å²) in [5, 5.41) is 4.31. The van der Waals surface area contributed by atoms with Crippen molar-refractivity contribution in [2.24, 2.45) is 5.16 Å². The number of oxime groups is 1. The van der Waals surface area contributed by atoms with Crippen LogP contribution in [0.1, 0.15) is 38.7 Å². The van der Waals surface area contributed by atoms with Crippen molar-refractivity contribution in [1.82, 2.24) is 4.90 Å². The molecule has 4 rings (SSSR count). The smallest absolute Gasteiger partial charge is 0.341 e. The van der Waals surface area contributed by atoms with Gasteiger partial charge in [0.15, 0.2) is 5.84 Å². The van der Waals surface area contributed by atoms with Crippen molar-refractivity contribution >= 4 is 13.4 Å². The van der Waals surface area contributed by atoms with Crippen LogP contribution in [-0.4, -0.2) is 42.8 Å². The van der Waals surface area contributed by atoms with E-state index in [2.05, 4.69) is 5.16 Å². The quantitative estimate of drug-likeness (QED) is 0.702. The van der Waals surface area contributed by atoms with Crippen molar-refractivity contribution in [3.05, 3.63) is 29.6 Å². The fourth-order valence-corrected chi connectivity index (χ4v) is 6.26. The molecule has 0 radical (unpaired) electrons. The van der Waals surface area contributed by atoms with Crippen LogP contribution in [0.5, 0.6) is 5.75 Å². The highest BCUT2D eigenvalue weighted by atomic mass is 31.2. The molecule has 1 aromatic carbocycles. The van der Waals surface area contributed by atoms with E-state index < -0.39 is 19.0 Å². The minimum Gasteiger partial charge on any atom is -0.493 e. The second-order valence-electron chi connectivity index (χ2n) is 6.75. The molecule has 1 fully saturated rings. The van der Waals surface area contributed by atoms with Crippen LogP contribution in [0.4, 0.5) is 4.39 Å². The monoisotopic (exact) mass is 398 g/mol. The Hall–Kier alpha value is -1.63. The first-order chi connectivity index (χ1) is 13.0. The minimum atomic E-state index is -3.38. The van der Waals surface area contributed by atoms with E-state index in [-0.39, 0.29) is 19.0 Å². The Balaban J connectivity index is 1.72. The van der Waals surface area contributed by atoms with Crippen LogP contribution >= 0.6 is 7.60 Å². The maximum absolute atomic E-state index is 14.0. The molecule has 2 unspecified atom stereocenters. The molecule has 148 valence electrons. The zero-order valence-corrected chi connectivity index (χ0v) is 16.4. The highest BCUT2D eigenvalue weighted by molar-refractivity contribution is 7.55. The summed E-state index contributed by atoms with van der Waals surface area (Å²) in [4.78, 5) is 7.92. The van der Waals surface area contributed by atoms with E-state index in [0.29, 0.717) is 43.1 Å². The Morgan fingerprint density at radius 1 is 1.37 bits per heavy atom. The average molecular weight is 398 g/mol. The molecule has 0 saturated carbocycles. The second-order valence-corrected chi connectivity index (χ2v) is 8.97. The summed E-state index contributed by atoms with van der Waals surface area (Å²) in [5.41, 5.74) is -0.825. The van der Waals surface area contributed by atoms with Gasteiger partial charge in [-0.15, -0.1) is 0 Å². The number of benzene rings is 1. The van der Waals surface area contributed by atoms with Crippen LogP contribution in [-0.2, 0) is 24.2 Å². The number of ether oxygens (including phenoxy) is 1. The lowest BCUT2D eigenvalue weighted by atomic mass is 9.92. The number of hydrogen-bond donors (Lipinski definition) is 0. The molecular weight excluding hydrogens is 374 g/mol. The third-order valence-corrected chi connectivity index (χ3v) is 7.71. The lowest BCUT2D eigenvalue weighted by molar-refractivity contribution is -0.128. The van der Waals surface area contributed by atoms with Crippen LogP contribution in [0.3, 0.4) is 0 Å². The van der Waals surface area contributed by atoms with Crippen molar-refractivity contribution in [3.63, 3.8) is 0 Å². The van der Waals surface area contributed by atoms with Gasteiger partial charge in [0.1, 0.15) is 17.2 Å². The standard InChI is InChI=1S/C18H24FN2O5P/c1-3-24-27(22,25-4-2)16-6-5-10-21-17(16)20-26-18(21)9-11-23-15-8-7-13(19)12-14(15)18/h7-8,12,16H,3-6,9-11H2,1-2H3. The molecule has 3 aliphatic rings. The fourth-order valence-electron chi connectivity index (χ4n) is 4.13. The third kappa shape index (κ3) is 2.94. The topological polar surface area (TPSA) is 69.6 Å². The first-order valence-corrected chi connectivity index (χ1v) is 11.0. The van der Waals surface area contributed by atoms with E-state index in [4.69, 9.17) is 18.6 Å². The molecule has 1 saturated heterocycles. The lowest BCUT2D eigenvalue weighted by Gasteiger charge is -2.44. The summed E-state index contributed by atoms with van der Waals surface area (Å²) in [6, 6.07) is 4.41. The van der Waals surface area contributed by atoms with Crippen molar-refractivity contribution in [3.8, 4) is 5.75 Å².